The number of carbonyl (C=O) groups is 2. The molecule has 1 aliphatic rings. The van der Waals surface area contributed by atoms with E-state index in [1.807, 2.05) is 6.92 Å². The number of hydrogen-bond donors (Lipinski definition) is 1. The predicted octanol–water partition coefficient (Wildman–Crippen LogP) is 2.83. The van der Waals surface area contributed by atoms with Crippen molar-refractivity contribution < 1.29 is 14.3 Å². The molecule has 102 valence electrons. The number of hydrogen-bond acceptors (Lipinski definition) is 3. The molecule has 1 N–H and O–H groups in total. The molecular weight excluding hydrogens is 230 g/mol. The van der Waals surface area contributed by atoms with Gasteiger partial charge < -0.3 is 10.1 Å². The lowest BCUT2D eigenvalue weighted by molar-refractivity contribution is -0.120. The minimum Gasteiger partial charge on any atom is -0.444 e. The third-order valence-electron chi connectivity index (χ3n) is 2.59. The van der Waals surface area contributed by atoms with E-state index in [9.17, 15) is 9.59 Å². The van der Waals surface area contributed by atoms with Gasteiger partial charge in [-0.2, -0.15) is 0 Å². The molecule has 1 saturated carbocycles. The monoisotopic (exact) mass is 253 g/mol. The van der Waals surface area contributed by atoms with E-state index in [-0.39, 0.29) is 11.7 Å². The van der Waals surface area contributed by atoms with Gasteiger partial charge in [0.15, 0.2) is 5.78 Å². The first kappa shape index (κ1) is 14.7. The van der Waals surface area contributed by atoms with Crippen molar-refractivity contribution in [3.8, 4) is 0 Å². The lowest BCUT2D eigenvalue weighted by atomic mass is 10.0. The van der Waals surface area contributed by atoms with Crippen molar-refractivity contribution in [3.63, 3.8) is 0 Å². The Hall–Kier alpha value is -1.32. The van der Waals surface area contributed by atoms with E-state index in [0.29, 0.717) is 6.42 Å². The van der Waals surface area contributed by atoms with Gasteiger partial charge in [0.2, 0.25) is 0 Å². The molecule has 0 aromatic rings. The van der Waals surface area contributed by atoms with E-state index < -0.39 is 17.7 Å². The third kappa shape index (κ3) is 5.34. The van der Waals surface area contributed by atoms with Crippen LogP contribution < -0.4 is 5.32 Å². The molecule has 1 rings (SSSR count). The summed E-state index contributed by atoms with van der Waals surface area (Å²) in [5.41, 5.74) is 0.270. The Balaban J connectivity index is 2.55. The molecule has 18 heavy (non-hydrogen) atoms. The van der Waals surface area contributed by atoms with Gasteiger partial charge in [-0.15, -0.1) is 0 Å². The number of Topliss-reactive ketones (excluding diaryl/α,β-unsaturated/α-hetero) is 1. The molecule has 1 amide bonds. The summed E-state index contributed by atoms with van der Waals surface area (Å²) in [5.74, 6) is 0.292. The number of ether oxygens (including phenoxy) is 1. The highest BCUT2D eigenvalue weighted by atomic mass is 16.6. The highest BCUT2D eigenvalue weighted by Crippen LogP contribution is 2.34. The van der Waals surface area contributed by atoms with Crippen molar-refractivity contribution >= 4 is 11.9 Å². The zero-order valence-electron chi connectivity index (χ0n) is 11.7. The van der Waals surface area contributed by atoms with Gasteiger partial charge in [0.1, 0.15) is 5.60 Å². The maximum absolute atomic E-state index is 12.0. The van der Waals surface area contributed by atoms with Crippen LogP contribution in [0.2, 0.25) is 0 Å². The van der Waals surface area contributed by atoms with Crippen LogP contribution in [0, 0.1) is 5.92 Å². The second kappa shape index (κ2) is 5.55. The van der Waals surface area contributed by atoms with E-state index in [1.54, 1.807) is 20.8 Å². The van der Waals surface area contributed by atoms with Crippen LogP contribution in [-0.4, -0.2) is 23.5 Å². The van der Waals surface area contributed by atoms with Gasteiger partial charge in [-0.25, -0.2) is 4.79 Å². The number of ketones is 1. The normalized spacial score (nSPS) is 16.9. The topological polar surface area (TPSA) is 55.4 Å². The first-order valence-electron chi connectivity index (χ1n) is 6.35. The van der Waals surface area contributed by atoms with E-state index in [0.717, 1.165) is 18.4 Å². The Kier molecular flexibility index (Phi) is 4.54. The summed E-state index contributed by atoms with van der Waals surface area (Å²) in [4.78, 5) is 23.7. The van der Waals surface area contributed by atoms with E-state index in [1.165, 1.54) is 0 Å². The Labute approximate surface area is 109 Å². The van der Waals surface area contributed by atoms with Crippen LogP contribution in [0.4, 0.5) is 4.79 Å². The smallest absolute Gasteiger partial charge is 0.408 e. The van der Waals surface area contributed by atoms with Crippen molar-refractivity contribution in [1.82, 2.24) is 5.32 Å². The maximum Gasteiger partial charge on any atom is 0.408 e. The van der Waals surface area contributed by atoms with Gasteiger partial charge in [-0.1, -0.05) is 12.2 Å². The van der Waals surface area contributed by atoms with Crippen molar-refractivity contribution in [3.05, 3.63) is 12.2 Å². The fourth-order valence-corrected chi connectivity index (χ4v) is 1.73. The molecule has 1 atom stereocenters. The molecule has 0 aromatic carbocycles. The summed E-state index contributed by atoms with van der Waals surface area (Å²) in [6.45, 7) is 10.9. The number of amides is 1. The maximum atomic E-state index is 12.0. The van der Waals surface area contributed by atoms with Crippen molar-refractivity contribution in [1.29, 1.82) is 0 Å². The Morgan fingerprint density at radius 2 is 1.94 bits per heavy atom. The molecule has 4 heteroatoms. The molecule has 0 saturated heterocycles. The molecule has 0 aromatic heterocycles. The molecule has 1 unspecified atom stereocenters. The van der Waals surface area contributed by atoms with E-state index >= 15 is 0 Å². The summed E-state index contributed by atoms with van der Waals surface area (Å²) in [5, 5.41) is 2.69. The fourth-order valence-electron chi connectivity index (χ4n) is 1.73. The fraction of sp³-hybridized carbons (Fsp3) is 0.714. The first-order valence-corrected chi connectivity index (χ1v) is 6.35. The zero-order chi connectivity index (χ0) is 13.9. The summed E-state index contributed by atoms with van der Waals surface area (Å²) in [6, 6.07) is -0.420. The Bertz CT molecular complexity index is 351. The lowest BCUT2D eigenvalue weighted by Crippen LogP contribution is -2.44. The second-order valence-corrected chi connectivity index (χ2v) is 6.06. The van der Waals surface area contributed by atoms with Gasteiger partial charge in [-0.3, -0.25) is 4.79 Å². The Morgan fingerprint density at radius 1 is 1.39 bits per heavy atom. The standard InChI is InChI=1S/C14H23NO3/c1-9(2)8-11(16)12(10-6-7-10)15-13(17)18-14(3,4)5/h10,12H,1,6-8H2,2-5H3,(H,15,17). The van der Waals surface area contributed by atoms with Gasteiger partial charge >= 0.3 is 6.09 Å². The number of alkyl carbamates (subject to hydrolysis) is 1. The minimum absolute atomic E-state index is 0.0239. The summed E-state index contributed by atoms with van der Waals surface area (Å²) >= 11 is 0. The SMILES string of the molecule is C=C(C)CC(=O)C(NC(=O)OC(C)(C)C)C1CC1. The van der Waals surface area contributed by atoms with Gasteiger partial charge in [0.05, 0.1) is 6.04 Å². The van der Waals surface area contributed by atoms with Crippen LogP contribution in [0.25, 0.3) is 0 Å². The summed E-state index contributed by atoms with van der Waals surface area (Å²) in [6.07, 6.45) is 1.77. The van der Waals surface area contributed by atoms with Crippen molar-refractivity contribution in [2.24, 2.45) is 5.92 Å². The molecule has 1 fully saturated rings. The van der Waals surface area contributed by atoms with Crippen molar-refractivity contribution in [2.45, 2.75) is 58.6 Å². The second-order valence-electron chi connectivity index (χ2n) is 6.06. The molecule has 0 heterocycles. The van der Waals surface area contributed by atoms with Crippen molar-refractivity contribution in [2.75, 3.05) is 0 Å². The van der Waals surface area contributed by atoms with Crippen LogP contribution >= 0.6 is 0 Å². The summed E-state index contributed by atoms with van der Waals surface area (Å²) in [7, 11) is 0. The lowest BCUT2D eigenvalue weighted by Gasteiger charge is -2.23. The summed E-state index contributed by atoms with van der Waals surface area (Å²) < 4.78 is 5.18. The molecule has 1 aliphatic carbocycles. The highest BCUT2D eigenvalue weighted by Gasteiger charge is 2.37. The van der Waals surface area contributed by atoms with Crippen LogP contribution in [0.1, 0.15) is 47.0 Å². The predicted molar refractivity (Wildman–Crippen MR) is 70.3 cm³/mol. The third-order valence-corrected chi connectivity index (χ3v) is 2.59. The van der Waals surface area contributed by atoms with Crippen LogP contribution in [0.5, 0.6) is 0 Å². The Morgan fingerprint density at radius 3 is 2.33 bits per heavy atom. The van der Waals surface area contributed by atoms with E-state index in [2.05, 4.69) is 11.9 Å². The number of carbonyl (C=O) groups excluding carboxylic acids is 2. The van der Waals surface area contributed by atoms with Crippen LogP contribution in [-0.2, 0) is 9.53 Å². The minimum atomic E-state index is -0.546. The molecule has 0 spiro atoms. The van der Waals surface area contributed by atoms with Crippen LogP contribution in [0.3, 0.4) is 0 Å². The van der Waals surface area contributed by atoms with Gasteiger partial charge in [-0.05, 0) is 46.5 Å². The number of nitrogens with one attached hydrogen (secondary N) is 1. The number of allylic oxidation sites excluding steroid dienone is 1. The zero-order valence-corrected chi connectivity index (χ0v) is 11.7. The van der Waals surface area contributed by atoms with E-state index in [4.69, 9.17) is 4.74 Å². The molecule has 0 radical (unpaired) electrons. The number of rotatable bonds is 5. The quantitative estimate of drug-likeness (QED) is 0.766. The average Bonchev–Trinajstić information content (AvgIpc) is 2.92. The first-order chi connectivity index (χ1) is 8.19. The molecule has 0 aliphatic heterocycles. The molecule has 0 bridgehead atoms. The largest absolute Gasteiger partial charge is 0.444 e. The highest BCUT2D eigenvalue weighted by molar-refractivity contribution is 5.89. The van der Waals surface area contributed by atoms with Crippen LogP contribution in [0.15, 0.2) is 12.2 Å². The average molecular weight is 253 g/mol. The molecular formula is C14H23NO3. The van der Waals surface area contributed by atoms with Gasteiger partial charge in [0, 0.05) is 6.42 Å². The van der Waals surface area contributed by atoms with Gasteiger partial charge in [0.25, 0.3) is 0 Å². The molecule has 4 nitrogen and oxygen atoms in total.